The third-order valence-electron chi connectivity index (χ3n) is 3.42. The molecule has 0 bridgehead atoms. The Hall–Kier alpha value is -0.710. The molecule has 2 rings (SSSR count). The lowest BCUT2D eigenvalue weighted by Gasteiger charge is -2.10. The molecular weight excluding hydrogens is 280 g/mol. The zero-order valence-electron chi connectivity index (χ0n) is 11.0. The molecule has 1 fully saturated rings. The quantitative estimate of drug-likeness (QED) is 0.821. The van der Waals surface area contributed by atoms with Gasteiger partial charge in [-0.25, -0.2) is 0 Å². The Kier molecular flexibility index (Phi) is 5.55. The van der Waals surface area contributed by atoms with Crippen LogP contribution >= 0.6 is 23.4 Å². The number of carbonyl (C=O) groups excluding carboxylic acids is 1. The molecule has 0 radical (unpaired) electrons. The highest BCUT2D eigenvalue weighted by molar-refractivity contribution is 7.98. The van der Waals surface area contributed by atoms with E-state index in [1.165, 1.54) is 6.42 Å². The summed E-state index contributed by atoms with van der Waals surface area (Å²) < 4.78 is 0. The van der Waals surface area contributed by atoms with Crippen LogP contribution in [0.3, 0.4) is 0 Å². The van der Waals surface area contributed by atoms with E-state index >= 15 is 0 Å². The van der Waals surface area contributed by atoms with Crippen molar-refractivity contribution in [1.29, 1.82) is 0 Å². The topological polar surface area (TPSA) is 41.1 Å². The number of nitrogens with one attached hydrogen (secondary N) is 2. The highest BCUT2D eigenvalue weighted by Gasteiger charge is 2.15. The summed E-state index contributed by atoms with van der Waals surface area (Å²) >= 11 is 7.68. The van der Waals surface area contributed by atoms with Crippen molar-refractivity contribution in [1.82, 2.24) is 10.6 Å². The number of rotatable bonds is 5. The van der Waals surface area contributed by atoms with Gasteiger partial charge in [0.2, 0.25) is 0 Å². The molecule has 19 heavy (non-hydrogen) atoms. The van der Waals surface area contributed by atoms with Gasteiger partial charge in [-0.1, -0.05) is 11.6 Å². The molecule has 104 valence electrons. The lowest BCUT2D eigenvalue weighted by molar-refractivity contribution is 0.0951. The van der Waals surface area contributed by atoms with Crippen LogP contribution in [0, 0.1) is 5.92 Å². The highest BCUT2D eigenvalue weighted by Crippen LogP contribution is 2.23. The van der Waals surface area contributed by atoms with Crippen LogP contribution in [0.5, 0.6) is 0 Å². The van der Waals surface area contributed by atoms with Crippen molar-refractivity contribution in [3.05, 3.63) is 28.8 Å². The molecule has 1 amide bonds. The van der Waals surface area contributed by atoms with Crippen LogP contribution in [0.1, 0.15) is 23.2 Å². The van der Waals surface area contributed by atoms with Gasteiger partial charge in [-0.05, 0) is 56.3 Å². The molecule has 1 aliphatic rings. The Bertz CT molecular complexity index is 447. The van der Waals surface area contributed by atoms with Gasteiger partial charge in [-0.2, -0.15) is 0 Å². The van der Waals surface area contributed by atoms with E-state index in [0.717, 1.165) is 24.4 Å². The first-order valence-electron chi connectivity index (χ1n) is 6.53. The second-order valence-electron chi connectivity index (χ2n) is 4.75. The first-order valence-corrected chi connectivity index (χ1v) is 8.13. The number of hydrogen-bond acceptors (Lipinski definition) is 3. The number of hydrogen-bond donors (Lipinski definition) is 2. The van der Waals surface area contributed by atoms with Gasteiger partial charge in [0.05, 0.1) is 10.6 Å². The molecule has 0 saturated carbocycles. The van der Waals surface area contributed by atoms with Gasteiger partial charge in [-0.3, -0.25) is 4.79 Å². The first-order chi connectivity index (χ1) is 9.20. The molecule has 1 aromatic carbocycles. The van der Waals surface area contributed by atoms with Crippen molar-refractivity contribution >= 4 is 29.3 Å². The molecule has 0 aliphatic carbocycles. The molecule has 1 atom stereocenters. The van der Waals surface area contributed by atoms with Crippen LogP contribution in [-0.4, -0.2) is 31.8 Å². The SMILES string of the molecule is CSc1ccc(Cl)c(C(=O)NCCC2CCNC2)c1. The Morgan fingerprint density at radius 2 is 2.42 bits per heavy atom. The van der Waals surface area contributed by atoms with Crippen LogP contribution in [0.25, 0.3) is 0 Å². The molecule has 1 heterocycles. The van der Waals surface area contributed by atoms with Gasteiger partial charge in [0, 0.05) is 11.4 Å². The van der Waals surface area contributed by atoms with E-state index < -0.39 is 0 Å². The van der Waals surface area contributed by atoms with E-state index in [9.17, 15) is 4.79 Å². The minimum atomic E-state index is -0.0770. The predicted octanol–water partition coefficient (Wildman–Crippen LogP) is 2.79. The van der Waals surface area contributed by atoms with Crippen molar-refractivity contribution in [2.24, 2.45) is 5.92 Å². The average molecular weight is 299 g/mol. The zero-order chi connectivity index (χ0) is 13.7. The average Bonchev–Trinajstić information content (AvgIpc) is 2.92. The Labute approximate surface area is 123 Å². The highest BCUT2D eigenvalue weighted by atomic mass is 35.5. The monoisotopic (exact) mass is 298 g/mol. The van der Waals surface area contributed by atoms with Crippen molar-refractivity contribution in [3.8, 4) is 0 Å². The van der Waals surface area contributed by atoms with E-state index in [2.05, 4.69) is 10.6 Å². The molecule has 0 aromatic heterocycles. The van der Waals surface area contributed by atoms with Gasteiger partial charge in [0.15, 0.2) is 0 Å². The molecule has 1 aromatic rings. The normalized spacial score (nSPS) is 18.5. The summed E-state index contributed by atoms with van der Waals surface area (Å²) in [6.45, 7) is 2.88. The van der Waals surface area contributed by atoms with Gasteiger partial charge in [-0.15, -0.1) is 11.8 Å². The fourth-order valence-electron chi connectivity index (χ4n) is 2.25. The lowest BCUT2D eigenvalue weighted by Crippen LogP contribution is -2.26. The summed E-state index contributed by atoms with van der Waals surface area (Å²) in [6, 6.07) is 5.55. The summed E-state index contributed by atoms with van der Waals surface area (Å²) in [4.78, 5) is 13.1. The largest absolute Gasteiger partial charge is 0.352 e. The predicted molar refractivity (Wildman–Crippen MR) is 81.2 cm³/mol. The number of benzene rings is 1. The Balaban J connectivity index is 1.88. The number of thioether (sulfide) groups is 1. The van der Waals surface area contributed by atoms with Crippen LogP contribution < -0.4 is 10.6 Å². The molecule has 1 aliphatic heterocycles. The summed E-state index contributed by atoms with van der Waals surface area (Å²) in [5.41, 5.74) is 0.568. The van der Waals surface area contributed by atoms with E-state index in [0.29, 0.717) is 23.0 Å². The van der Waals surface area contributed by atoms with Crippen LogP contribution in [0.15, 0.2) is 23.1 Å². The second-order valence-corrected chi connectivity index (χ2v) is 6.04. The van der Waals surface area contributed by atoms with E-state index in [1.807, 2.05) is 18.4 Å². The van der Waals surface area contributed by atoms with E-state index in [4.69, 9.17) is 11.6 Å². The van der Waals surface area contributed by atoms with E-state index in [1.54, 1.807) is 17.8 Å². The lowest BCUT2D eigenvalue weighted by atomic mass is 10.1. The smallest absolute Gasteiger partial charge is 0.252 e. The number of halogens is 1. The molecule has 2 N–H and O–H groups in total. The minimum Gasteiger partial charge on any atom is -0.352 e. The molecule has 3 nitrogen and oxygen atoms in total. The van der Waals surface area contributed by atoms with Gasteiger partial charge in [0.1, 0.15) is 0 Å². The number of amides is 1. The molecule has 0 spiro atoms. The maximum atomic E-state index is 12.1. The van der Waals surface area contributed by atoms with Crippen molar-refractivity contribution in [2.45, 2.75) is 17.7 Å². The third kappa shape index (κ3) is 4.13. The third-order valence-corrected chi connectivity index (χ3v) is 4.47. The summed E-state index contributed by atoms with van der Waals surface area (Å²) in [5, 5.41) is 6.80. The number of carbonyl (C=O) groups is 1. The van der Waals surface area contributed by atoms with Crippen molar-refractivity contribution in [2.75, 3.05) is 25.9 Å². The zero-order valence-corrected chi connectivity index (χ0v) is 12.6. The molecule has 5 heteroatoms. The second kappa shape index (κ2) is 7.17. The van der Waals surface area contributed by atoms with Gasteiger partial charge < -0.3 is 10.6 Å². The van der Waals surface area contributed by atoms with Crippen molar-refractivity contribution in [3.63, 3.8) is 0 Å². The van der Waals surface area contributed by atoms with E-state index in [-0.39, 0.29) is 5.91 Å². The minimum absolute atomic E-state index is 0.0770. The Morgan fingerprint density at radius 3 is 3.11 bits per heavy atom. The maximum Gasteiger partial charge on any atom is 0.252 e. The standard InChI is InChI=1S/C14H19ClN2OS/c1-19-11-2-3-13(15)12(8-11)14(18)17-7-5-10-4-6-16-9-10/h2-3,8,10,16H,4-7,9H2,1H3,(H,17,18). The van der Waals surface area contributed by atoms with Gasteiger partial charge in [0.25, 0.3) is 5.91 Å². The maximum absolute atomic E-state index is 12.1. The molecular formula is C14H19ClN2OS. The molecule has 1 saturated heterocycles. The first kappa shape index (κ1) is 14.7. The fourth-order valence-corrected chi connectivity index (χ4v) is 2.89. The van der Waals surface area contributed by atoms with Gasteiger partial charge >= 0.3 is 0 Å². The fraction of sp³-hybridized carbons (Fsp3) is 0.500. The summed E-state index contributed by atoms with van der Waals surface area (Å²) in [6.07, 6.45) is 4.22. The van der Waals surface area contributed by atoms with Crippen LogP contribution in [0.4, 0.5) is 0 Å². The Morgan fingerprint density at radius 1 is 1.58 bits per heavy atom. The molecule has 1 unspecified atom stereocenters. The van der Waals surface area contributed by atoms with Crippen molar-refractivity contribution < 1.29 is 4.79 Å². The van der Waals surface area contributed by atoms with Crippen LogP contribution in [0.2, 0.25) is 5.02 Å². The summed E-state index contributed by atoms with van der Waals surface area (Å²) in [7, 11) is 0. The van der Waals surface area contributed by atoms with Crippen LogP contribution in [-0.2, 0) is 0 Å². The summed E-state index contributed by atoms with van der Waals surface area (Å²) in [5.74, 6) is 0.611.